The molecule has 0 bridgehead atoms. The van der Waals surface area contributed by atoms with Gasteiger partial charge in [0.1, 0.15) is 0 Å². The molecule has 0 aromatic heterocycles. The van der Waals surface area contributed by atoms with Crippen LogP contribution >= 0.6 is 15.9 Å². The molecule has 3 rings (SSSR count). The summed E-state index contributed by atoms with van der Waals surface area (Å²) in [5.41, 5.74) is 0.601. The zero-order chi connectivity index (χ0) is 17.2. The fraction of sp³-hybridized carbons (Fsp3) is 0.235. The number of hydrogen-bond donors (Lipinski definition) is 0. The van der Waals surface area contributed by atoms with Gasteiger partial charge in [0, 0.05) is 36.2 Å². The van der Waals surface area contributed by atoms with Crippen LogP contribution in [0.25, 0.3) is 0 Å². The summed E-state index contributed by atoms with van der Waals surface area (Å²) < 4.78 is 27.5. The van der Waals surface area contributed by atoms with Gasteiger partial charge in [-0.15, -0.1) is 0 Å². The minimum atomic E-state index is -3.49. The fourth-order valence-corrected chi connectivity index (χ4v) is 4.52. The summed E-state index contributed by atoms with van der Waals surface area (Å²) in [4.78, 5) is 14.5. The van der Waals surface area contributed by atoms with Crippen LogP contribution < -0.4 is 0 Å². The van der Waals surface area contributed by atoms with E-state index in [1.165, 1.54) is 4.31 Å². The molecule has 0 radical (unpaired) electrons. The van der Waals surface area contributed by atoms with E-state index in [4.69, 9.17) is 0 Å². The number of carbonyl (C=O) groups is 1. The molecule has 0 aliphatic carbocycles. The maximum atomic E-state index is 12.6. The van der Waals surface area contributed by atoms with E-state index >= 15 is 0 Å². The maximum Gasteiger partial charge on any atom is 0.253 e. The maximum absolute atomic E-state index is 12.6. The number of sulfonamides is 1. The van der Waals surface area contributed by atoms with Gasteiger partial charge in [-0.2, -0.15) is 4.31 Å². The standard InChI is InChI=1S/C17H17BrN2O3S/c18-15-6-4-5-14(13-15)17(21)19-9-11-20(12-10-19)24(22,23)16-7-2-1-3-8-16/h1-8,13H,9-12H2. The van der Waals surface area contributed by atoms with Crippen LogP contribution in [-0.4, -0.2) is 49.7 Å². The highest BCUT2D eigenvalue weighted by Crippen LogP contribution is 2.19. The number of carbonyl (C=O) groups excluding carboxylic acids is 1. The topological polar surface area (TPSA) is 57.7 Å². The van der Waals surface area contributed by atoms with Crippen LogP contribution in [0.1, 0.15) is 10.4 Å². The van der Waals surface area contributed by atoms with Crippen molar-refractivity contribution in [1.82, 2.24) is 9.21 Å². The second-order valence-corrected chi connectivity index (χ2v) is 8.37. The highest BCUT2D eigenvalue weighted by molar-refractivity contribution is 9.10. The second-order valence-electron chi connectivity index (χ2n) is 5.52. The van der Waals surface area contributed by atoms with Gasteiger partial charge in [-0.3, -0.25) is 4.79 Å². The Morgan fingerprint density at radius 3 is 2.21 bits per heavy atom. The summed E-state index contributed by atoms with van der Waals surface area (Å²) in [5, 5.41) is 0. The molecule has 1 aliphatic rings. The van der Waals surface area contributed by atoms with E-state index in [9.17, 15) is 13.2 Å². The van der Waals surface area contributed by atoms with Crippen LogP contribution in [0.4, 0.5) is 0 Å². The predicted molar refractivity (Wildman–Crippen MR) is 95.2 cm³/mol. The van der Waals surface area contributed by atoms with E-state index in [0.29, 0.717) is 31.7 Å². The van der Waals surface area contributed by atoms with Gasteiger partial charge in [0.2, 0.25) is 10.0 Å². The Labute approximate surface area is 150 Å². The first-order valence-electron chi connectivity index (χ1n) is 7.58. The fourth-order valence-electron chi connectivity index (χ4n) is 2.68. The number of piperazine rings is 1. The molecule has 1 heterocycles. The molecule has 7 heteroatoms. The Balaban J connectivity index is 1.69. The highest BCUT2D eigenvalue weighted by Gasteiger charge is 2.30. The normalized spacial score (nSPS) is 16.1. The van der Waals surface area contributed by atoms with Gasteiger partial charge in [0.15, 0.2) is 0 Å². The number of amides is 1. The summed E-state index contributed by atoms with van der Waals surface area (Å²) in [7, 11) is -3.49. The first kappa shape index (κ1) is 17.1. The van der Waals surface area contributed by atoms with Crippen molar-refractivity contribution in [1.29, 1.82) is 0 Å². The summed E-state index contributed by atoms with van der Waals surface area (Å²) in [6.07, 6.45) is 0. The molecular weight excluding hydrogens is 392 g/mol. The molecule has 0 saturated carbocycles. The molecule has 5 nitrogen and oxygen atoms in total. The summed E-state index contributed by atoms with van der Waals surface area (Å²) in [5.74, 6) is -0.0759. The van der Waals surface area contributed by atoms with E-state index < -0.39 is 10.0 Å². The lowest BCUT2D eigenvalue weighted by Crippen LogP contribution is -2.50. The SMILES string of the molecule is O=C(c1cccc(Br)c1)N1CCN(S(=O)(=O)c2ccccc2)CC1. The smallest absolute Gasteiger partial charge is 0.253 e. The Hall–Kier alpha value is -1.70. The van der Waals surface area contributed by atoms with Crippen molar-refractivity contribution in [2.75, 3.05) is 26.2 Å². The first-order valence-corrected chi connectivity index (χ1v) is 9.82. The quantitative estimate of drug-likeness (QED) is 0.783. The van der Waals surface area contributed by atoms with Crippen molar-refractivity contribution >= 4 is 31.9 Å². The molecule has 2 aromatic rings. The molecular formula is C17H17BrN2O3S. The van der Waals surface area contributed by atoms with Crippen LogP contribution in [-0.2, 0) is 10.0 Å². The second kappa shape index (κ2) is 7.04. The van der Waals surface area contributed by atoms with Crippen LogP contribution in [0.5, 0.6) is 0 Å². The van der Waals surface area contributed by atoms with Gasteiger partial charge in [-0.25, -0.2) is 8.42 Å². The lowest BCUT2D eigenvalue weighted by molar-refractivity contribution is 0.0698. The predicted octanol–water partition coefficient (Wildman–Crippen LogP) is 2.60. The molecule has 1 amide bonds. The zero-order valence-electron chi connectivity index (χ0n) is 12.9. The average Bonchev–Trinajstić information content (AvgIpc) is 2.62. The van der Waals surface area contributed by atoms with Crippen molar-refractivity contribution in [3.63, 3.8) is 0 Å². The average molecular weight is 409 g/mol. The minimum Gasteiger partial charge on any atom is -0.336 e. The van der Waals surface area contributed by atoms with Gasteiger partial charge in [-0.05, 0) is 30.3 Å². The van der Waals surface area contributed by atoms with Crippen molar-refractivity contribution in [3.8, 4) is 0 Å². The third-order valence-electron chi connectivity index (χ3n) is 3.98. The highest BCUT2D eigenvalue weighted by atomic mass is 79.9. The van der Waals surface area contributed by atoms with Crippen molar-refractivity contribution in [3.05, 3.63) is 64.6 Å². The summed E-state index contributed by atoms with van der Waals surface area (Å²) >= 11 is 3.36. The van der Waals surface area contributed by atoms with Crippen molar-refractivity contribution in [2.45, 2.75) is 4.90 Å². The van der Waals surface area contributed by atoms with E-state index in [2.05, 4.69) is 15.9 Å². The third kappa shape index (κ3) is 3.53. The Kier molecular flexibility index (Phi) is 5.03. The molecule has 1 aliphatic heterocycles. The van der Waals surface area contributed by atoms with Crippen LogP contribution in [0, 0.1) is 0 Å². The number of hydrogen-bond acceptors (Lipinski definition) is 3. The lowest BCUT2D eigenvalue weighted by atomic mass is 10.2. The number of halogens is 1. The molecule has 0 spiro atoms. The molecule has 0 atom stereocenters. The molecule has 2 aromatic carbocycles. The van der Waals surface area contributed by atoms with E-state index in [0.717, 1.165) is 4.47 Å². The monoisotopic (exact) mass is 408 g/mol. The Morgan fingerprint density at radius 1 is 0.917 bits per heavy atom. The van der Waals surface area contributed by atoms with Crippen LogP contribution in [0.15, 0.2) is 64.0 Å². The van der Waals surface area contributed by atoms with Gasteiger partial charge in [0.25, 0.3) is 5.91 Å². The molecule has 0 N–H and O–H groups in total. The molecule has 1 saturated heterocycles. The van der Waals surface area contributed by atoms with Crippen molar-refractivity contribution < 1.29 is 13.2 Å². The first-order chi connectivity index (χ1) is 11.5. The minimum absolute atomic E-state index is 0.0759. The number of nitrogens with zero attached hydrogens (tertiary/aromatic N) is 2. The zero-order valence-corrected chi connectivity index (χ0v) is 15.3. The van der Waals surface area contributed by atoms with Crippen LogP contribution in [0.2, 0.25) is 0 Å². The van der Waals surface area contributed by atoms with E-state index in [1.807, 2.05) is 12.1 Å². The van der Waals surface area contributed by atoms with Gasteiger partial charge in [0.05, 0.1) is 4.90 Å². The number of rotatable bonds is 3. The molecule has 24 heavy (non-hydrogen) atoms. The molecule has 0 unspecified atom stereocenters. The van der Waals surface area contributed by atoms with Gasteiger partial charge in [-0.1, -0.05) is 40.2 Å². The summed E-state index contributed by atoms with van der Waals surface area (Å²) in [6.45, 7) is 1.38. The summed E-state index contributed by atoms with van der Waals surface area (Å²) in [6, 6.07) is 15.6. The number of benzene rings is 2. The van der Waals surface area contributed by atoms with E-state index in [1.54, 1.807) is 47.4 Å². The molecule has 1 fully saturated rings. The molecule has 126 valence electrons. The Bertz CT molecular complexity index is 832. The third-order valence-corrected chi connectivity index (χ3v) is 6.38. The largest absolute Gasteiger partial charge is 0.336 e. The lowest BCUT2D eigenvalue weighted by Gasteiger charge is -2.34. The van der Waals surface area contributed by atoms with Gasteiger partial charge >= 0.3 is 0 Å². The van der Waals surface area contributed by atoms with Crippen LogP contribution in [0.3, 0.4) is 0 Å². The van der Waals surface area contributed by atoms with Crippen molar-refractivity contribution in [2.24, 2.45) is 0 Å². The Morgan fingerprint density at radius 2 is 1.58 bits per heavy atom. The van der Waals surface area contributed by atoms with E-state index in [-0.39, 0.29) is 10.8 Å². The van der Waals surface area contributed by atoms with Gasteiger partial charge < -0.3 is 4.90 Å².